The van der Waals surface area contributed by atoms with E-state index < -0.39 is 0 Å². The van der Waals surface area contributed by atoms with Crippen LogP contribution in [0.25, 0.3) is 0 Å². The zero-order valence-electron chi connectivity index (χ0n) is 17.0. The van der Waals surface area contributed by atoms with Crippen LogP contribution in [0, 0.1) is 5.41 Å². The van der Waals surface area contributed by atoms with Gasteiger partial charge in [0.2, 0.25) is 0 Å². The fraction of sp³-hybridized carbons (Fsp3) is 0.682. The molecule has 1 aromatic rings. The van der Waals surface area contributed by atoms with Crippen LogP contribution in [0.3, 0.4) is 0 Å². The lowest BCUT2D eigenvalue weighted by molar-refractivity contribution is -0.145. The van der Waals surface area contributed by atoms with Crippen molar-refractivity contribution in [2.24, 2.45) is 11.1 Å². The zero-order valence-corrected chi connectivity index (χ0v) is 17.0. The van der Waals surface area contributed by atoms with Gasteiger partial charge in [0, 0.05) is 24.5 Å². The number of carbonyl (C=O) groups is 1. The van der Waals surface area contributed by atoms with Crippen LogP contribution in [-0.4, -0.2) is 35.5 Å². The average molecular weight is 361 g/mol. The number of hydrogen-bond acceptors (Lipinski definition) is 4. The molecule has 0 radical (unpaired) electrons. The molecule has 0 aromatic heterocycles. The number of ether oxygens (including phenoxy) is 1. The Labute approximate surface area is 159 Å². The van der Waals surface area contributed by atoms with Gasteiger partial charge in [-0.2, -0.15) is 0 Å². The van der Waals surface area contributed by atoms with Crippen molar-refractivity contribution in [1.29, 1.82) is 0 Å². The van der Waals surface area contributed by atoms with Gasteiger partial charge in [-0.1, -0.05) is 57.5 Å². The SMILES string of the molecule is CC1(N)CCCCN(C(CCC(=O)OCc2ccccc2)C(C)(C)C)C1. The number of rotatable bonds is 6. The minimum absolute atomic E-state index is 0.0974. The van der Waals surface area contributed by atoms with E-state index >= 15 is 0 Å². The third-order valence-corrected chi connectivity index (χ3v) is 5.31. The molecule has 4 heteroatoms. The van der Waals surface area contributed by atoms with E-state index in [1.54, 1.807) is 0 Å². The highest BCUT2D eigenvalue weighted by Gasteiger charge is 2.35. The molecule has 2 unspecified atom stereocenters. The molecule has 1 aliphatic heterocycles. The molecule has 1 aliphatic rings. The van der Waals surface area contributed by atoms with E-state index in [-0.39, 0.29) is 16.9 Å². The van der Waals surface area contributed by atoms with Crippen LogP contribution in [0.1, 0.15) is 65.4 Å². The Hall–Kier alpha value is -1.39. The van der Waals surface area contributed by atoms with Gasteiger partial charge in [0.05, 0.1) is 0 Å². The molecule has 2 N–H and O–H groups in total. The molecule has 26 heavy (non-hydrogen) atoms. The predicted octanol–water partition coefficient (Wildman–Crippen LogP) is 4.13. The summed E-state index contributed by atoms with van der Waals surface area (Å²) in [5.41, 5.74) is 7.46. The van der Waals surface area contributed by atoms with Gasteiger partial charge in [0.1, 0.15) is 6.61 Å². The molecule has 0 aliphatic carbocycles. The number of nitrogens with zero attached hydrogens (tertiary/aromatic N) is 1. The number of nitrogens with two attached hydrogens (primary N) is 1. The van der Waals surface area contributed by atoms with E-state index in [1.165, 1.54) is 12.8 Å². The lowest BCUT2D eigenvalue weighted by Crippen LogP contribution is -2.53. The first-order valence-corrected chi connectivity index (χ1v) is 9.90. The van der Waals surface area contributed by atoms with Crippen molar-refractivity contribution in [2.45, 2.75) is 78.0 Å². The van der Waals surface area contributed by atoms with Crippen LogP contribution in [0.2, 0.25) is 0 Å². The summed E-state index contributed by atoms with van der Waals surface area (Å²) in [6.45, 7) is 11.2. The summed E-state index contributed by atoms with van der Waals surface area (Å²) in [5.74, 6) is -0.117. The van der Waals surface area contributed by atoms with E-state index in [1.807, 2.05) is 30.3 Å². The van der Waals surface area contributed by atoms with E-state index in [9.17, 15) is 4.79 Å². The van der Waals surface area contributed by atoms with E-state index in [4.69, 9.17) is 10.5 Å². The van der Waals surface area contributed by atoms with Crippen molar-refractivity contribution in [3.05, 3.63) is 35.9 Å². The summed E-state index contributed by atoms with van der Waals surface area (Å²) in [7, 11) is 0. The third-order valence-electron chi connectivity index (χ3n) is 5.31. The summed E-state index contributed by atoms with van der Waals surface area (Å²) in [5, 5.41) is 0. The Balaban J connectivity index is 1.92. The van der Waals surface area contributed by atoms with E-state index in [2.05, 4.69) is 32.6 Å². The maximum absolute atomic E-state index is 12.3. The van der Waals surface area contributed by atoms with Gasteiger partial charge in [-0.05, 0) is 43.7 Å². The smallest absolute Gasteiger partial charge is 0.306 e. The molecule has 0 spiro atoms. The van der Waals surface area contributed by atoms with Crippen LogP contribution in [0.4, 0.5) is 0 Å². The van der Waals surface area contributed by atoms with Crippen molar-refractivity contribution in [1.82, 2.24) is 4.90 Å². The molecular weight excluding hydrogens is 324 g/mol. The van der Waals surface area contributed by atoms with Gasteiger partial charge in [0.15, 0.2) is 0 Å². The maximum Gasteiger partial charge on any atom is 0.306 e. The highest BCUT2D eigenvalue weighted by atomic mass is 16.5. The lowest BCUT2D eigenvalue weighted by atomic mass is 9.82. The molecule has 0 saturated carbocycles. The molecule has 2 atom stereocenters. The summed E-state index contributed by atoms with van der Waals surface area (Å²) in [6.07, 6.45) is 4.69. The predicted molar refractivity (Wildman–Crippen MR) is 107 cm³/mol. The molecule has 1 heterocycles. The van der Waals surface area contributed by atoms with Crippen LogP contribution < -0.4 is 5.73 Å². The molecule has 146 valence electrons. The lowest BCUT2D eigenvalue weighted by Gasteiger charge is -2.42. The summed E-state index contributed by atoms with van der Waals surface area (Å²) < 4.78 is 5.46. The molecular formula is C22H36N2O2. The fourth-order valence-corrected chi connectivity index (χ4v) is 3.96. The summed E-state index contributed by atoms with van der Waals surface area (Å²) in [6, 6.07) is 10.2. The first-order valence-electron chi connectivity index (χ1n) is 9.90. The molecule has 4 nitrogen and oxygen atoms in total. The standard InChI is InChI=1S/C22H36N2O2/c1-21(2,3)19(24-15-9-8-14-22(4,23)17-24)12-13-20(25)26-16-18-10-6-5-7-11-18/h5-7,10-11,19H,8-9,12-17,23H2,1-4H3. The minimum Gasteiger partial charge on any atom is -0.461 e. The average Bonchev–Trinajstić information content (AvgIpc) is 2.73. The number of esters is 1. The van der Waals surface area contributed by atoms with Crippen molar-refractivity contribution in [3.63, 3.8) is 0 Å². The normalized spacial score (nSPS) is 23.3. The highest BCUT2D eigenvalue weighted by molar-refractivity contribution is 5.69. The number of benzene rings is 1. The van der Waals surface area contributed by atoms with Gasteiger partial charge in [-0.25, -0.2) is 0 Å². The van der Waals surface area contributed by atoms with Crippen molar-refractivity contribution >= 4 is 5.97 Å². The van der Waals surface area contributed by atoms with E-state index in [0.29, 0.717) is 19.1 Å². The first kappa shape index (κ1) is 20.9. The number of carbonyl (C=O) groups excluding carboxylic acids is 1. The van der Waals surface area contributed by atoms with Crippen LogP contribution in [-0.2, 0) is 16.1 Å². The highest BCUT2D eigenvalue weighted by Crippen LogP contribution is 2.31. The Bertz CT molecular complexity index is 563. The quantitative estimate of drug-likeness (QED) is 0.775. The van der Waals surface area contributed by atoms with Gasteiger partial charge in [-0.15, -0.1) is 0 Å². The second-order valence-corrected chi connectivity index (χ2v) is 9.15. The minimum atomic E-state index is -0.145. The van der Waals surface area contributed by atoms with Crippen LogP contribution >= 0.6 is 0 Å². The molecule has 1 aromatic carbocycles. The second-order valence-electron chi connectivity index (χ2n) is 9.15. The fourth-order valence-electron chi connectivity index (χ4n) is 3.96. The molecule has 0 bridgehead atoms. The Morgan fingerprint density at radius 2 is 1.96 bits per heavy atom. The Morgan fingerprint density at radius 1 is 1.27 bits per heavy atom. The first-order chi connectivity index (χ1) is 12.2. The molecule has 2 rings (SSSR count). The van der Waals surface area contributed by atoms with Gasteiger partial charge >= 0.3 is 5.97 Å². The van der Waals surface area contributed by atoms with Crippen LogP contribution in [0.5, 0.6) is 0 Å². The van der Waals surface area contributed by atoms with Gasteiger partial charge < -0.3 is 10.5 Å². The molecule has 0 amide bonds. The monoisotopic (exact) mass is 360 g/mol. The van der Waals surface area contributed by atoms with Gasteiger partial charge in [0.25, 0.3) is 0 Å². The summed E-state index contributed by atoms with van der Waals surface area (Å²) >= 11 is 0. The zero-order chi connectivity index (χ0) is 19.2. The summed E-state index contributed by atoms with van der Waals surface area (Å²) in [4.78, 5) is 14.8. The number of likely N-dealkylation sites (tertiary alicyclic amines) is 1. The number of hydrogen-bond donors (Lipinski definition) is 1. The van der Waals surface area contributed by atoms with Crippen molar-refractivity contribution in [3.8, 4) is 0 Å². The third kappa shape index (κ3) is 6.73. The molecule has 1 saturated heterocycles. The second kappa shape index (κ2) is 9.01. The maximum atomic E-state index is 12.3. The molecule has 1 fully saturated rings. The largest absolute Gasteiger partial charge is 0.461 e. The van der Waals surface area contributed by atoms with Crippen molar-refractivity contribution < 1.29 is 9.53 Å². The Kier molecular flexibility index (Phi) is 7.24. The van der Waals surface area contributed by atoms with Gasteiger partial charge in [-0.3, -0.25) is 9.69 Å². The van der Waals surface area contributed by atoms with E-state index in [0.717, 1.165) is 31.5 Å². The Morgan fingerprint density at radius 3 is 2.62 bits per heavy atom. The van der Waals surface area contributed by atoms with Crippen LogP contribution in [0.15, 0.2) is 30.3 Å². The topological polar surface area (TPSA) is 55.6 Å². The van der Waals surface area contributed by atoms with Crippen molar-refractivity contribution in [2.75, 3.05) is 13.1 Å².